The Hall–Kier alpha value is -0.200. The smallest absolute Gasteiger partial charge is 0.169 e. The van der Waals surface area contributed by atoms with Crippen molar-refractivity contribution in [1.82, 2.24) is 0 Å². The summed E-state index contributed by atoms with van der Waals surface area (Å²) in [6, 6.07) is 0. The molecule has 0 N–H and O–H groups in total. The van der Waals surface area contributed by atoms with Crippen molar-refractivity contribution in [3.05, 3.63) is 0 Å². The Balaban J connectivity index is 1.32. The van der Waals surface area contributed by atoms with Crippen LogP contribution < -0.4 is 0 Å². The average molecular weight is 338 g/mol. The van der Waals surface area contributed by atoms with Gasteiger partial charge in [-0.2, -0.15) is 0 Å². The molecule has 0 amide bonds. The van der Waals surface area contributed by atoms with Crippen molar-refractivity contribution < 1.29 is 23.7 Å². The van der Waals surface area contributed by atoms with E-state index in [1.54, 1.807) is 7.11 Å². The molecule has 0 aromatic heterocycles. The van der Waals surface area contributed by atoms with Crippen molar-refractivity contribution in [2.45, 2.75) is 106 Å². The third-order valence-electron chi connectivity index (χ3n) is 6.88. The van der Waals surface area contributed by atoms with Crippen molar-refractivity contribution in [3.8, 4) is 0 Å². The number of methoxy groups -OCH3 is 1. The maximum absolute atomic E-state index is 6.61. The lowest BCUT2D eigenvalue weighted by atomic mass is 9.76. The predicted molar refractivity (Wildman–Crippen MR) is 86.8 cm³/mol. The first-order valence-corrected chi connectivity index (χ1v) is 9.90. The maximum atomic E-state index is 6.61. The summed E-state index contributed by atoms with van der Waals surface area (Å²) in [6.07, 6.45) is 11.8. The average Bonchev–Trinajstić information content (AvgIpc) is 3.09. The highest BCUT2D eigenvalue weighted by Gasteiger charge is 2.65. The van der Waals surface area contributed by atoms with E-state index in [9.17, 15) is 0 Å². The molecule has 5 rings (SSSR count). The Labute approximate surface area is 144 Å². The summed E-state index contributed by atoms with van der Waals surface area (Å²) in [5.74, 6) is -0.322. The number of fused-ring (bicyclic) bond motifs is 3. The van der Waals surface area contributed by atoms with Crippen LogP contribution in [0.2, 0.25) is 0 Å². The summed E-state index contributed by atoms with van der Waals surface area (Å²) in [4.78, 5) is 0. The minimum Gasteiger partial charge on any atom is -0.385 e. The molecular formula is C19H30O5. The van der Waals surface area contributed by atoms with E-state index in [4.69, 9.17) is 23.7 Å². The lowest BCUT2D eigenvalue weighted by Gasteiger charge is -2.44. The van der Waals surface area contributed by atoms with E-state index in [1.165, 1.54) is 19.3 Å². The molecule has 0 aromatic carbocycles. The molecule has 0 aromatic rings. The molecule has 2 bridgehead atoms. The van der Waals surface area contributed by atoms with E-state index in [-0.39, 0.29) is 35.8 Å². The maximum Gasteiger partial charge on any atom is 0.169 e. The number of hydrogen-bond acceptors (Lipinski definition) is 5. The van der Waals surface area contributed by atoms with Gasteiger partial charge in [0.05, 0.1) is 30.0 Å². The SMILES string of the molecule is COCC[C@H]1CC[C@@H]2OC3C[C@]2(C[C@H]2OC4(CCCCC4)O[C@@H]32)O1. The van der Waals surface area contributed by atoms with Gasteiger partial charge in [0.1, 0.15) is 6.10 Å². The highest BCUT2D eigenvalue weighted by molar-refractivity contribution is 5.12. The van der Waals surface area contributed by atoms with Gasteiger partial charge in [0, 0.05) is 39.4 Å². The van der Waals surface area contributed by atoms with E-state index in [1.807, 2.05) is 0 Å². The van der Waals surface area contributed by atoms with Gasteiger partial charge in [-0.25, -0.2) is 0 Å². The fourth-order valence-corrected chi connectivity index (χ4v) is 5.78. The van der Waals surface area contributed by atoms with Gasteiger partial charge in [0.25, 0.3) is 0 Å². The number of hydrogen-bond donors (Lipinski definition) is 0. The van der Waals surface area contributed by atoms with Crippen molar-refractivity contribution in [3.63, 3.8) is 0 Å². The molecule has 5 nitrogen and oxygen atoms in total. The summed E-state index contributed by atoms with van der Waals surface area (Å²) in [7, 11) is 1.76. The zero-order chi connectivity index (χ0) is 16.2. The lowest BCUT2D eigenvalue weighted by Crippen LogP contribution is -2.53. The fraction of sp³-hybridized carbons (Fsp3) is 1.00. The molecule has 136 valence electrons. The molecule has 3 aliphatic heterocycles. The molecule has 3 heterocycles. The van der Waals surface area contributed by atoms with Crippen LogP contribution in [-0.4, -0.2) is 55.6 Å². The molecule has 2 spiro atoms. The first-order valence-electron chi connectivity index (χ1n) is 9.90. The minimum atomic E-state index is -0.322. The van der Waals surface area contributed by atoms with Crippen LogP contribution in [-0.2, 0) is 23.7 Å². The Morgan fingerprint density at radius 1 is 0.958 bits per heavy atom. The van der Waals surface area contributed by atoms with Crippen LogP contribution in [0.4, 0.5) is 0 Å². The summed E-state index contributed by atoms with van der Waals surface area (Å²) >= 11 is 0. The van der Waals surface area contributed by atoms with Gasteiger partial charge in [-0.15, -0.1) is 0 Å². The fourth-order valence-electron chi connectivity index (χ4n) is 5.78. The Morgan fingerprint density at radius 3 is 2.62 bits per heavy atom. The van der Waals surface area contributed by atoms with E-state index >= 15 is 0 Å². The molecule has 24 heavy (non-hydrogen) atoms. The molecule has 3 saturated heterocycles. The monoisotopic (exact) mass is 338 g/mol. The molecule has 2 saturated carbocycles. The van der Waals surface area contributed by atoms with Gasteiger partial charge in [-0.3, -0.25) is 0 Å². The van der Waals surface area contributed by atoms with E-state index < -0.39 is 0 Å². The second kappa shape index (κ2) is 5.92. The molecule has 5 heteroatoms. The van der Waals surface area contributed by atoms with Gasteiger partial charge >= 0.3 is 0 Å². The van der Waals surface area contributed by atoms with Crippen molar-refractivity contribution in [2.75, 3.05) is 13.7 Å². The van der Waals surface area contributed by atoms with Crippen molar-refractivity contribution >= 4 is 0 Å². The summed E-state index contributed by atoms with van der Waals surface area (Å²) in [6.45, 7) is 0.768. The Morgan fingerprint density at radius 2 is 1.79 bits per heavy atom. The van der Waals surface area contributed by atoms with Gasteiger partial charge in [-0.1, -0.05) is 6.42 Å². The normalized spacial score (nSPS) is 49.1. The van der Waals surface area contributed by atoms with Crippen LogP contribution in [0.3, 0.4) is 0 Å². The Bertz CT molecular complexity index is 476. The van der Waals surface area contributed by atoms with Crippen molar-refractivity contribution in [1.29, 1.82) is 0 Å². The van der Waals surface area contributed by atoms with E-state index in [2.05, 4.69) is 0 Å². The van der Waals surface area contributed by atoms with Crippen LogP contribution in [0.15, 0.2) is 0 Å². The quantitative estimate of drug-likeness (QED) is 0.792. The first kappa shape index (κ1) is 16.0. The molecular weight excluding hydrogens is 308 g/mol. The van der Waals surface area contributed by atoms with Crippen molar-refractivity contribution in [2.24, 2.45) is 0 Å². The zero-order valence-electron chi connectivity index (χ0n) is 14.7. The van der Waals surface area contributed by atoms with Crippen LogP contribution in [0, 0.1) is 0 Å². The van der Waals surface area contributed by atoms with Gasteiger partial charge in [0.2, 0.25) is 0 Å². The van der Waals surface area contributed by atoms with Crippen LogP contribution in [0.1, 0.15) is 64.2 Å². The highest BCUT2D eigenvalue weighted by atomic mass is 16.8. The third-order valence-corrected chi connectivity index (χ3v) is 6.88. The largest absolute Gasteiger partial charge is 0.385 e. The second-order valence-corrected chi connectivity index (χ2v) is 8.44. The molecule has 5 aliphatic rings. The summed E-state index contributed by atoms with van der Waals surface area (Å²) in [5.41, 5.74) is -0.147. The number of rotatable bonds is 3. The third kappa shape index (κ3) is 2.47. The lowest BCUT2D eigenvalue weighted by molar-refractivity contribution is -0.216. The van der Waals surface area contributed by atoms with Crippen LogP contribution >= 0.6 is 0 Å². The predicted octanol–water partition coefficient (Wildman–Crippen LogP) is 2.95. The molecule has 0 radical (unpaired) electrons. The van der Waals surface area contributed by atoms with Crippen LogP contribution in [0.5, 0.6) is 0 Å². The van der Waals surface area contributed by atoms with Gasteiger partial charge < -0.3 is 23.7 Å². The molecule has 1 unspecified atom stereocenters. The Kier molecular flexibility index (Phi) is 3.95. The van der Waals surface area contributed by atoms with Crippen LogP contribution in [0.25, 0.3) is 0 Å². The highest BCUT2D eigenvalue weighted by Crippen LogP contribution is 2.55. The van der Waals surface area contributed by atoms with Gasteiger partial charge in [-0.05, 0) is 32.1 Å². The topological polar surface area (TPSA) is 46.2 Å². The van der Waals surface area contributed by atoms with Gasteiger partial charge in [0.15, 0.2) is 5.79 Å². The first-order chi connectivity index (χ1) is 11.7. The zero-order valence-corrected chi connectivity index (χ0v) is 14.7. The summed E-state index contributed by atoms with van der Waals surface area (Å²) < 4.78 is 31.3. The molecule has 2 aliphatic carbocycles. The second-order valence-electron chi connectivity index (χ2n) is 8.44. The minimum absolute atomic E-state index is 0.111. The molecule has 6 atom stereocenters. The number of ether oxygens (including phenoxy) is 5. The van der Waals surface area contributed by atoms with E-state index in [0.717, 1.165) is 51.6 Å². The standard InChI is InChI=1S/C19H30O5/c1-20-10-7-13-5-6-16-18(22-13)11-14(21-16)17-15(12-18)23-19(24-17)8-3-2-4-9-19/h13-17H,2-12H2,1H3/t13-,14?,15-,16+,17+,18-/m1/s1. The summed E-state index contributed by atoms with van der Waals surface area (Å²) in [5, 5.41) is 0. The van der Waals surface area contributed by atoms with E-state index in [0.29, 0.717) is 6.10 Å². The molecule has 5 fully saturated rings.